The molecule has 0 bridgehead atoms. The summed E-state index contributed by atoms with van der Waals surface area (Å²) in [5.74, 6) is 0. The lowest BCUT2D eigenvalue weighted by atomic mass is 9.89. The Bertz CT molecular complexity index is 757. The van der Waals surface area contributed by atoms with Crippen molar-refractivity contribution < 1.29 is 0 Å². The molecule has 0 aromatic heterocycles. The summed E-state index contributed by atoms with van der Waals surface area (Å²) in [5.41, 5.74) is 3.38. The maximum atomic E-state index is 9.46. The van der Waals surface area contributed by atoms with Gasteiger partial charge >= 0.3 is 0 Å². The number of hydrogen-bond acceptors (Lipinski definition) is 2. The van der Waals surface area contributed by atoms with Gasteiger partial charge in [0.05, 0.1) is 12.1 Å². The second kappa shape index (κ2) is 6.34. The Labute approximate surface area is 136 Å². The molecule has 2 aromatic carbocycles. The maximum Gasteiger partial charge on any atom is 0.151 e. The van der Waals surface area contributed by atoms with Gasteiger partial charge in [0.1, 0.15) is 0 Å². The molecule has 23 heavy (non-hydrogen) atoms. The lowest BCUT2D eigenvalue weighted by Gasteiger charge is -2.06. The molecule has 0 heterocycles. The highest BCUT2D eigenvalue weighted by Crippen LogP contribution is 2.45. The van der Waals surface area contributed by atoms with E-state index in [0.717, 1.165) is 22.3 Å². The molecule has 0 spiro atoms. The second-order valence-electron chi connectivity index (χ2n) is 5.82. The summed E-state index contributed by atoms with van der Waals surface area (Å²) in [5, 5.41) is 18.9. The third-order valence-corrected chi connectivity index (χ3v) is 4.11. The molecule has 110 valence electrons. The van der Waals surface area contributed by atoms with E-state index in [1.165, 1.54) is 0 Å². The van der Waals surface area contributed by atoms with Crippen molar-refractivity contribution in [1.29, 1.82) is 10.5 Å². The minimum absolute atomic E-state index is 0.480. The molecule has 2 heteroatoms. The lowest BCUT2D eigenvalue weighted by molar-refractivity contribution is 0.573. The first-order valence-corrected chi connectivity index (χ1v) is 7.59. The molecule has 2 nitrogen and oxygen atoms in total. The van der Waals surface area contributed by atoms with Crippen molar-refractivity contribution in [2.45, 2.75) is 12.8 Å². The summed E-state index contributed by atoms with van der Waals surface area (Å²) in [4.78, 5) is 0. The molecule has 0 atom stereocenters. The number of benzene rings is 2. The van der Waals surface area contributed by atoms with Crippen LogP contribution in [0.25, 0.3) is 12.2 Å². The molecule has 0 amide bonds. The van der Waals surface area contributed by atoms with Crippen molar-refractivity contribution in [3.05, 3.63) is 82.9 Å². The third-order valence-electron chi connectivity index (χ3n) is 4.11. The van der Waals surface area contributed by atoms with Crippen LogP contribution >= 0.6 is 0 Å². The van der Waals surface area contributed by atoms with E-state index >= 15 is 0 Å². The molecule has 2 aromatic rings. The predicted octanol–water partition coefficient (Wildman–Crippen LogP) is 4.98. The molecule has 1 saturated carbocycles. The van der Waals surface area contributed by atoms with Gasteiger partial charge in [-0.05, 0) is 22.3 Å². The Kier molecular flexibility index (Phi) is 4.09. The second-order valence-corrected chi connectivity index (χ2v) is 5.82. The first-order chi connectivity index (χ1) is 11.2. The van der Waals surface area contributed by atoms with Gasteiger partial charge < -0.3 is 0 Å². The normalized spacial score (nSPS) is 19.4. The van der Waals surface area contributed by atoms with Crippen LogP contribution in [0.1, 0.15) is 24.0 Å². The quantitative estimate of drug-likeness (QED) is 0.784. The molecule has 0 unspecified atom stereocenters. The summed E-state index contributed by atoms with van der Waals surface area (Å²) >= 11 is 0. The van der Waals surface area contributed by atoms with Crippen molar-refractivity contribution in [3.8, 4) is 12.1 Å². The Balaban J connectivity index is 2.04. The average molecular weight is 296 g/mol. The molecule has 0 N–H and O–H groups in total. The first kappa shape index (κ1) is 14.8. The Hall–Kier alpha value is -3.10. The molecule has 1 aliphatic rings. The Morgan fingerprint density at radius 1 is 0.696 bits per heavy atom. The van der Waals surface area contributed by atoms with Crippen LogP contribution in [0.2, 0.25) is 0 Å². The summed E-state index contributed by atoms with van der Waals surface area (Å²) in [6.45, 7) is 0. The summed E-state index contributed by atoms with van der Waals surface area (Å²) in [6.07, 6.45) is 5.14. The van der Waals surface area contributed by atoms with Gasteiger partial charge in [-0.2, -0.15) is 10.5 Å². The van der Waals surface area contributed by atoms with Gasteiger partial charge in [-0.25, -0.2) is 0 Å². The smallest absolute Gasteiger partial charge is 0.151 e. The zero-order valence-corrected chi connectivity index (χ0v) is 12.7. The molecule has 0 radical (unpaired) electrons. The Morgan fingerprint density at radius 3 is 1.43 bits per heavy atom. The van der Waals surface area contributed by atoms with Crippen molar-refractivity contribution in [3.63, 3.8) is 0 Å². The van der Waals surface area contributed by atoms with E-state index in [9.17, 15) is 10.5 Å². The minimum atomic E-state index is -0.943. The van der Waals surface area contributed by atoms with Gasteiger partial charge in [-0.3, -0.25) is 0 Å². The van der Waals surface area contributed by atoms with Gasteiger partial charge in [0.2, 0.25) is 0 Å². The van der Waals surface area contributed by atoms with Crippen LogP contribution in [-0.2, 0) is 0 Å². The molecular formula is C21H16N2. The van der Waals surface area contributed by atoms with Gasteiger partial charge in [0, 0.05) is 12.8 Å². The largest absolute Gasteiger partial charge is 0.197 e. The fraction of sp³-hybridized carbons (Fsp3) is 0.143. The van der Waals surface area contributed by atoms with Crippen molar-refractivity contribution in [1.82, 2.24) is 0 Å². The van der Waals surface area contributed by atoms with Crippen LogP contribution in [0.3, 0.4) is 0 Å². The van der Waals surface area contributed by atoms with Crippen molar-refractivity contribution in [2.75, 3.05) is 0 Å². The molecule has 1 fully saturated rings. The van der Waals surface area contributed by atoms with Crippen LogP contribution < -0.4 is 0 Å². The van der Waals surface area contributed by atoms with Gasteiger partial charge in [0.25, 0.3) is 0 Å². The van der Waals surface area contributed by atoms with Gasteiger partial charge in [-0.1, -0.05) is 72.8 Å². The predicted molar refractivity (Wildman–Crippen MR) is 91.7 cm³/mol. The monoisotopic (exact) mass is 296 g/mol. The standard InChI is InChI=1S/C21H16N2/c22-15-21(16-23)13-19(11-17-7-3-1-4-8-17)20(14-21)12-18-9-5-2-6-10-18/h1-12H,13-14H2/b19-11-,20-12+. The van der Waals surface area contributed by atoms with Crippen molar-refractivity contribution in [2.24, 2.45) is 5.41 Å². The van der Waals surface area contributed by atoms with E-state index in [1.807, 2.05) is 60.7 Å². The van der Waals surface area contributed by atoms with E-state index in [2.05, 4.69) is 24.3 Å². The fourth-order valence-electron chi connectivity index (χ4n) is 2.91. The highest BCUT2D eigenvalue weighted by Gasteiger charge is 2.39. The summed E-state index contributed by atoms with van der Waals surface area (Å²) < 4.78 is 0. The SMILES string of the molecule is N#CC1(C#N)CC(=C/c2ccccc2)/C(=C/c2ccccc2)C1. The fourth-order valence-corrected chi connectivity index (χ4v) is 2.91. The molecular weight excluding hydrogens is 280 g/mol. The van der Waals surface area contributed by atoms with E-state index in [1.54, 1.807) is 0 Å². The minimum Gasteiger partial charge on any atom is -0.197 e. The van der Waals surface area contributed by atoms with Gasteiger partial charge in [0.15, 0.2) is 5.41 Å². The van der Waals surface area contributed by atoms with E-state index < -0.39 is 5.41 Å². The first-order valence-electron chi connectivity index (χ1n) is 7.59. The molecule has 0 aliphatic heterocycles. The topological polar surface area (TPSA) is 47.6 Å². The third kappa shape index (κ3) is 3.23. The molecule has 1 aliphatic carbocycles. The molecule has 3 rings (SSSR count). The van der Waals surface area contributed by atoms with Crippen molar-refractivity contribution >= 4 is 12.2 Å². The average Bonchev–Trinajstić information content (AvgIpc) is 2.95. The van der Waals surface area contributed by atoms with Gasteiger partial charge in [-0.15, -0.1) is 0 Å². The highest BCUT2D eigenvalue weighted by atomic mass is 14.5. The highest BCUT2D eigenvalue weighted by molar-refractivity contribution is 5.69. The zero-order chi connectivity index (χ0) is 16.1. The number of hydrogen-bond donors (Lipinski definition) is 0. The number of rotatable bonds is 2. The summed E-state index contributed by atoms with van der Waals surface area (Å²) in [6, 6.07) is 24.5. The number of allylic oxidation sites excluding steroid dienone is 2. The van der Waals surface area contributed by atoms with Crippen LogP contribution in [0.15, 0.2) is 71.8 Å². The number of nitrogens with zero attached hydrogens (tertiary/aromatic N) is 2. The van der Waals surface area contributed by atoms with Crippen LogP contribution in [-0.4, -0.2) is 0 Å². The van der Waals surface area contributed by atoms with E-state index in [-0.39, 0.29) is 0 Å². The summed E-state index contributed by atoms with van der Waals surface area (Å²) in [7, 11) is 0. The lowest BCUT2D eigenvalue weighted by Crippen LogP contribution is -2.09. The van der Waals surface area contributed by atoms with E-state index in [4.69, 9.17) is 0 Å². The molecule has 0 saturated heterocycles. The maximum absolute atomic E-state index is 9.46. The van der Waals surface area contributed by atoms with Crippen LogP contribution in [0, 0.1) is 28.1 Å². The van der Waals surface area contributed by atoms with E-state index in [0.29, 0.717) is 12.8 Å². The van der Waals surface area contributed by atoms with Crippen LogP contribution in [0.4, 0.5) is 0 Å². The number of nitriles is 2. The Morgan fingerprint density at radius 2 is 1.09 bits per heavy atom. The van der Waals surface area contributed by atoms with Crippen LogP contribution in [0.5, 0.6) is 0 Å². The zero-order valence-electron chi connectivity index (χ0n) is 12.7.